The lowest BCUT2D eigenvalue weighted by Gasteiger charge is -2.26. The Morgan fingerprint density at radius 3 is 2.45 bits per heavy atom. The van der Waals surface area contributed by atoms with E-state index >= 15 is 0 Å². The number of nitrogens with one attached hydrogen (secondary N) is 1. The van der Waals surface area contributed by atoms with Gasteiger partial charge in [-0.3, -0.25) is 13.9 Å². The molecule has 0 aliphatic heterocycles. The topological polar surface area (TPSA) is 73.8 Å². The second kappa shape index (κ2) is 5.72. The van der Waals surface area contributed by atoms with Crippen LogP contribution in [0.5, 0.6) is 0 Å². The number of aromatic nitrogens is 4. The molecule has 120 valence electrons. The number of hydrogen-bond donors (Lipinski definition) is 1. The van der Waals surface area contributed by atoms with Crippen LogP contribution in [0, 0.1) is 0 Å². The smallest absolute Gasteiger partial charge is 0.313 e. The van der Waals surface area contributed by atoms with Crippen molar-refractivity contribution in [3.05, 3.63) is 26.7 Å². The molecule has 3 rings (SSSR count). The maximum Gasteiger partial charge on any atom is 0.332 e. The molecule has 0 bridgehead atoms. The molecule has 2 aromatic heterocycles. The molecule has 0 atom stereocenters. The lowest BCUT2D eigenvalue weighted by atomic mass is 9.95. The van der Waals surface area contributed by atoms with Gasteiger partial charge < -0.3 is 9.88 Å². The minimum absolute atomic E-state index is 0.300. The second-order valence-electron chi connectivity index (χ2n) is 6.10. The first-order valence-electron chi connectivity index (χ1n) is 7.87. The summed E-state index contributed by atoms with van der Waals surface area (Å²) in [6.45, 7) is 0.586. The van der Waals surface area contributed by atoms with E-state index in [0.717, 1.165) is 23.2 Å². The summed E-state index contributed by atoms with van der Waals surface area (Å²) in [6, 6.07) is 0.319. The van der Waals surface area contributed by atoms with Gasteiger partial charge in [0.25, 0.3) is 5.56 Å². The Morgan fingerprint density at radius 1 is 1.14 bits per heavy atom. The van der Waals surface area contributed by atoms with E-state index in [2.05, 4.69) is 14.9 Å². The zero-order valence-corrected chi connectivity index (χ0v) is 13.4. The molecule has 0 radical (unpaired) electrons. The van der Waals surface area contributed by atoms with Crippen LogP contribution in [-0.4, -0.2) is 25.7 Å². The molecule has 2 heterocycles. The molecule has 0 saturated heterocycles. The first-order chi connectivity index (χ1) is 10.6. The molecule has 0 spiro atoms. The van der Waals surface area contributed by atoms with E-state index in [0.29, 0.717) is 23.8 Å². The third-order valence-electron chi connectivity index (χ3n) is 4.63. The van der Waals surface area contributed by atoms with E-state index in [-0.39, 0.29) is 11.2 Å². The molecule has 0 amide bonds. The molecule has 0 unspecified atom stereocenters. The van der Waals surface area contributed by atoms with Crippen molar-refractivity contribution >= 4 is 11.2 Å². The third-order valence-corrected chi connectivity index (χ3v) is 4.63. The molecular formula is C15H23N5O2. The quantitative estimate of drug-likeness (QED) is 0.904. The van der Waals surface area contributed by atoms with Crippen LogP contribution in [0.3, 0.4) is 0 Å². The Hall–Kier alpha value is -1.89. The van der Waals surface area contributed by atoms with Gasteiger partial charge >= 0.3 is 5.69 Å². The lowest BCUT2D eigenvalue weighted by Crippen LogP contribution is -2.37. The maximum atomic E-state index is 12.4. The summed E-state index contributed by atoms with van der Waals surface area (Å²) < 4.78 is 4.80. The minimum Gasteiger partial charge on any atom is -0.313 e. The summed E-state index contributed by atoms with van der Waals surface area (Å²) in [5.41, 5.74) is 0.432. The van der Waals surface area contributed by atoms with Crippen LogP contribution in [0.4, 0.5) is 0 Å². The number of fused-ring (bicyclic) bond motifs is 1. The number of nitrogens with zero attached hydrogens (tertiary/aromatic N) is 4. The zero-order valence-electron chi connectivity index (χ0n) is 13.4. The zero-order chi connectivity index (χ0) is 15.9. The fraction of sp³-hybridized carbons (Fsp3) is 0.667. The molecular weight excluding hydrogens is 282 g/mol. The van der Waals surface area contributed by atoms with Gasteiger partial charge in [-0.2, -0.15) is 0 Å². The Kier molecular flexibility index (Phi) is 3.90. The van der Waals surface area contributed by atoms with Crippen molar-refractivity contribution in [3.63, 3.8) is 0 Å². The Bertz CT molecular complexity index is 808. The van der Waals surface area contributed by atoms with Gasteiger partial charge in [0.1, 0.15) is 11.5 Å². The summed E-state index contributed by atoms with van der Waals surface area (Å²) in [4.78, 5) is 29.2. The molecule has 22 heavy (non-hydrogen) atoms. The summed E-state index contributed by atoms with van der Waals surface area (Å²) in [5, 5.41) is 3.11. The Balaban J connectivity index is 2.34. The van der Waals surface area contributed by atoms with Crippen molar-refractivity contribution in [1.29, 1.82) is 0 Å². The van der Waals surface area contributed by atoms with E-state index < -0.39 is 0 Å². The highest BCUT2D eigenvalue weighted by Crippen LogP contribution is 2.31. The van der Waals surface area contributed by atoms with E-state index in [1.165, 1.54) is 26.3 Å². The number of imidazole rings is 1. The van der Waals surface area contributed by atoms with Crippen molar-refractivity contribution in [2.24, 2.45) is 14.1 Å². The van der Waals surface area contributed by atoms with E-state index in [9.17, 15) is 9.59 Å². The van der Waals surface area contributed by atoms with Gasteiger partial charge in [0, 0.05) is 20.1 Å². The van der Waals surface area contributed by atoms with Crippen LogP contribution >= 0.6 is 0 Å². The van der Waals surface area contributed by atoms with E-state index in [4.69, 9.17) is 0 Å². The first-order valence-corrected chi connectivity index (χ1v) is 7.87. The molecule has 1 saturated carbocycles. The van der Waals surface area contributed by atoms with Crippen molar-refractivity contribution in [2.75, 3.05) is 7.05 Å². The van der Waals surface area contributed by atoms with Crippen molar-refractivity contribution < 1.29 is 0 Å². The molecule has 1 fully saturated rings. The normalized spacial score (nSPS) is 16.5. The average Bonchev–Trinajstić information content (AvgIpc) is 2.91. The van der Waals surface area contributed by atoms with Crippen LogP contribution in [0.2, 0.25) is 0 Å². The fourth-order valence-corrected chi connectivity index (χ4v) is 3.50. The number of hydrogen-bond acceptors (Lipinski definition) is 4. The maximum absolute atomic E-state index is 12.4. The van der Waals surface area contributed by atoms with E-state index in [1.54, 1.807) is 11.6 Å². The average molecular weight is 305 g/mol. The van der Waals surface area contributed by atoms with Crippen LogP contribution in [0.25, 0.3) is 11.2 Å². The van der Waals surface area contributed by atoms with Gasteiger partial charge in [0.2, 0.25) is 0 Å². The van der Waals surface area contributed by atoms with E-state index in [1.807, 2.05) is 7.05 Å². The third kappa shape index (κ3) is 2.20. The highest BCUT2D eigenvalue weighted by Gasteiger charge is 2.24. The highest BCUT2D eigenvalue weighted by atomic mass is 16.2. The van der Waals surface area contributed by atoms with Gasteiger partial charge in [0.05, 0.1) is 6.54 Å². The molecule has 1 aliphatic rings. The molecule has 2 aromatic rings. The van der Waals surface area contributed by atoms with Crippen molar-refractivity contribution in [3.8, 4) is 0 Å². The van der Waals surface area contributed by atoms with Crippen molar-refractivity contribution in [1.82, 2.24) is 24.0 Å². The van der Waals surface area contributed by atoms with Crippen LogP contribution in [0.15, 0.2) is 9.59 Å². The largest absolute Gasteiger partial charge is 0.332 e. The van der Waals surface area contributed by atoms with Gasteiger partial charge in [-0.25, -0.2) is 9.78 Å². The number of aryl methyl sites for hydroxylation is 1. The summed E-state index contributed by atoms with van der Waals surface area (Å²) in [6.07, 6.45) is 5.77. The Labute approximate surface area is 128 Å². The SMILES string of the molecule is CNCc1nc2c(=O)n(C)c(=O)n(C)c2n1C1CCCCC1. The van der Waals surface area contributed by atoms with Crippen molar-refractivity contribution in [2.45, 2.75) is 44.7 Å². The van der Waals surface area contributed by atoms with Gasteiger partial charge in [0.15, 0.2) is 5.52 Å². The van der Waals surface area contributed by atoms with Gasteiger partial charge in [-0.1, -0.05) is 19.3 Å². The monoisotopic (exact) mass is 305 g/mol. The first kappa shape index (κ1) is 15.0. The fourth-order valence-electron chi connectivity index (χ4n) is 3.50. The second-order valence-corrected chi connectivity index (χ2v) is 6.10. The molecule has 1 N–H and O–H groups in total. The van der Waals surface area contributed by atoms with Gasteiger partial charge in [-0.05, 0) is 19.9 Å². The number of rotatable bonds is 3. The summed E-state index contributed by atoms with van der Waals surface area (Å²) >= 11 is 0. The summed E-state index contributed by atoms with van der Waals surface area (Å²) in [7, 11) is 5.08. The highest BCUT2D eigenvalue weighted by molar-refractivity contribution is 5.71. The molecule has 7 heteroatoms. The lowest BCUT2D eigenvalue weighted by molar-refractivity contribution is 0.348. The van der Waals surface area contributed by atoms with Crippen LogP contribution < -0.4 is 16.6 Å². The Morgan fingerprint density at radius 2 is 1.82 bits per heavy atom. The van der Waals surface area contributed by atoms with Gasteiger partial charge in [-0.15, -0.1) is 0 Å². The molecule has 0 aromatic carbocycles. The predicted octanol–water partition coefficient (Wildman–Crippen LogP) is 0.658. The molecule has 1 aliphatic carbocycles. The predicted molar refractivity (Wildman–Crippen MR) is 85.1 cm³/mol. The standard InChI is InChI=1S/C15H23N5O2/c1-16-9-11-17-12-13(18(2)15(22)19(3)14(12)21)20(11)10-7-5-4-6-8-10/h10,16H,4-9H2,1-3H3. The molecule has 7 nitrogen and oxygen atoms in total. The van der Waals surface area contributed by atoms with Crippen LogP contribution in [-0.2, 0) is 20.6 Å². The van der Waals surface area contributed by atoms with Crippen LogP contribution in [0.1, 0.15) is 44.0 Å². The summed E-state index contributed by atoms with van der Waals surface area (Å²) in [5.74, 6) is 0.836. The minimum atomic E-state index is -0.315.